The quantitative estimate of drug-likeness (QED) is 0.192. The van der Waals surface area contributed by atoms with E-state index in [9.17, 15) is 0 Å². The van der Waals surface area contributed by atoms with Crippen LogP contribution in [0.3, 0.4) is 0 Å². The summed E-state index contributed by atoms with van der Waals surface area (Å²) in [5, 5.41) is 4.68. The molecule has 2 aliphatic carbocycles. The summed E-state index contributed by atoms with van der Waals surface area (Å²) in [5.41, 5.74) is 7.10. The third-order valence-corrected chi connectivity index (χ3v) is 11.4. The topological polar surface area (TPSA) is 56.7 Å². The molecule has 0 saturated heterocycles. The number of rotatable bonds is 4. The third-order valence-electron chi connectivity index (χ3n) is 11.4. The van der Waals surface area contributed by atoms with Crippen molar-refractivity contribution < 1.29 is 4.42 Å². The second kappa shape index (κ2) is 10.9. The average Bonchev–Trinajstić information content (AvgIpc) is 3.67. The number of fused-ring (bicyclic) bond motifs is 9. The lowest BCUT2D eigenvalue weighted by molar-refractivity contribution is 0.0857. The summed E-state index contributed by atoms with van der Waals surface area (Å²) in [6.07, 6.45) is 6.26. The maximum atomic E-state index is 6.37. The van der Waals surface area contributed by atoms with Crippen LogP contribution >= 0.6 is 0 Å². The largest absolute Gasteiger partial charge is 0.456 e. The van der Waals surface area contributed by atoms with Gasteiger partial charge in [0.05, 0.1) is 16.4 Å². The predicted molar refractivity (Wildman–Crippen MR) is 199 cm³/mol. The van der Waals surface area contributed by atoms with Crippen molar-refractivity contribution in [2.75, 3.05) is 0 Å². The molecule has 2 bridgehead atoms. The van der Waals surface area contributed by atoms with Crippen molar-refractivity contribution in [3.63, 3.8) is 0 Å². The molecule has 0 amide bonds. The molecule has 2 fully saturated rings. The van der Waals surface area contributed by atoms with Crippen molar-refractivity contribution in [2.45, 2.75) is 51.4 Å². The molecular formula is C44H38N4O. The van der Waals surface area contributed by atoms with E-state index in [1.807, 2.05) is 12.1 Å². The van der Waals surface area contributed by atoms with E-state index in [2.05, 4.69) is 122 Å². The Morgan fingerprint density at radius 2 is 1.33 bits per heavy atom. The van der Waals surface area contributed by atoms with Crippen LogP contribution in [0.1, 0.15) is 51.8 Å². The van der Waals surface area contributed by atoms with Gasteiger partial charge < -0.3 is 8.98 Å². The summed E-state index contributed by atoms with van der Waals surface area (Å²) in [6, 6.07) is 40.5. The van der Waals surface area contributed by atoms with Crippen molar-refractivity contribution in [1.82, 2.24) is 19.5 Å². The normalized spacial score (nSPS) is 22.4. The van der Waals surface area contributed by atoms with Gasteiger partial charge in [-0.1, -0.05) is 92.7 Å². The van der Waals surface area contributed by atoms with Gasteiger partial charge in [0.2, 0.25) is 0 Å². The maximum Gasteiger partial charge on any atom is 0.163 e. The molecule has 2 aliphatic rings. The molecule has 5 heteroatoms. The molecule has 0 spiro atoms. The van der Waals surface area contributed by atoms with Gasteiger partial charge in [-0.25, -0.2) is 15.0 Å². The summed E-state index contributed by atoms with van der Waals surface area (Å²) in [5.74, 6) is 4.71. The number of hydrogen-bond donors (Lipinski definition) is 0. The van der Waals surface area contributed by atoms with Crippen LogP contribution in [0.5, 0.6) is 0 Å². The van der Waals surface area contributed by atoms with E-state index in [0.29, 0.717) is 0 Å². The molecule has 0 radical (unpaired) electrons. The summed E-state index contributed by atoms with van der Waals surface area (Å²) in [4.78, 5) is 15.8. The first-order chi connectivity index (χ1) is 24.0. The summed E-state index contributed by atoms with van der Waals surface area (Å²) < 4.78 is 8.76. The summed E-state index contributed by atoms with van der Waals surface area (Å²) >= 11 is 0. The van der Waals surface area contributed by atoms with Crippen molar-refractivity contribution in [2.24, 2.45) is 17.8 Å². The van der Waals surface area contributed by atoms with E-state index in [-0.39, 0.29) is 5.41 Å². The van der Waals surface area contributed by atoms with Crippen LogP contribution in [0.4, 0.5) is 0 Å². The zero-order valence-corrected chi connectivity index (χ0v) is 27.9. The van der Waals surface area contributed by atoms with Crippen LogP contribution in [0.2, 0.25) is 0 Å². The Labute approximate surface area is 285 Å². The lowest BCUT2D eigenvalue weighted by Gasteiger charge is -2.46. The number of aromatic nitrogens is 4. The van der Waals surface area contributed by atoms with Gasteiger partial charge in [0.25, 0.3) is 0 Å². The fraction of sp³-hybridized carbons (Fsp3) is 0.250. The first-order valence-electron chi connectivity index (χ1n) is 17.8. The number of hydrogen-bond acceptors (Lipinski definition) is 4. The first-order valence-corrected chi connectivity index (χ1v) is 17.8. The zero-order valence-electron chi connectivity index (χ0n) is 27.9. The van der Waals surface area contributed by atoms with Crippen LogP contribution in [-0.4, -0.2) is 19.5 Å². The summed E-state index contributed by atoms with van der Waals surface area (Å²) in [7, 11) is 0. The monoisotopic (exact) mass is 638 g/mol. The van der Waals surface area contributed by atoms with E-state index < -0.39 is 0 Å². The molecule has 5 nitrogen and oxygen atoms in total. The zero-order chi connectivity index (χ0) is 32.7. The van der Waals surface area contributed by atoms with Crippen LogP contribution in [0.25, 0.3) is 72.2 Å². The average molecular weight is 639 g/mol. The highest BCUT2D eigenvalue weighted by atomic mass is 16.3. The third kappa shape index (κ3) is 4.63. The SMILES string of the molecule is CC1CC2CC(C1)CC(C)(c1nc(-c3ccccc3)nc(-c3cccc(-n4c5ccccc5c5ccc6oc7ccccc7c6c54)c3)n1)C2. The van der Waals surface area contributed by atoms with Crippen molar-refractivity contribution >= 4 is 43.7 Å². The van der Waals surface area contributed by atoms with E-state index in [4.69, 9.17) is 19.4 Å². The molecule has 240 valence electrons. The van der Waals surface area contributed by atoms with Gasteiger partial charge in [-0.05, 0) is 86.3 Å². The Morgan fingerprint density at radius 1 is 0.633 bits per heavy atom. The molecule has 0 N–H and O–H groups in total. The Morgan fingerprint density at radius 3 is 2.14 bits per heavy atom. The molecule has 5 aromatic carbocycles. The first kappa shape index (κ1) is 28.7. The van der Waals surface area contributed by atoms with Gasteiger partial charge in [-0.2, -0.15) is 0 Å². The van der Waals surface area contributed by atoms with Crippen molar-refractivity contribution in [3.05, 3.63) is 121 Å². The molecule has 3 aromatic heterocycles. The van der Waals surface area contributed by atoms with Gasteiger partial charge in [-0.3, -0.25) is 0 Å². The Bertz CT molecular complexity index is 2530. The maximum absolute atomic E-state index is 6.37. The van der Waals surface area contributed by atoms with Crippen LogP contribution in [0.15, 0.2) is 120 Å². The van der Waals surface area contributed by atoms with Gasteiger partial charge in [0.15, 0.2) is 11.6 Å². The highest BCUT2D eigenvalue weighted by Gasteiger charge is 2.44. The number of para-hydroxylation sites is 2. The fourth-order valence-electron chi connectivity index (χ4n) is 9.58. The standard InChI is InChI=1S/C44H38N4O/c1-27-21-28-23-29(22-27)26-44(2,25-28)43-46-41(30-11-4-3-5-12-30)45-42(47-43)31-13-10-14-32(24-31)48-36-17-8-6-15-33(36)34-19-20-38-39(40(34)48)35-16-7-9-18-37(35)49-38/h3-20,24,27-29H,21-23,25-26H2,1-2H3. The van der Waals surface area contributed by atoms with Crippen LogP contribution < -0.4 is 0 Å². The van der Waals surface area contributed by atoms with E-state index in [1.165, 1.54) is 30.0 Å². The lowest BCUT2D eigenvalue weighted by atomic mass is 9.59. The molecule has 0 aliphatic heterocycles. The molecule has 49 heavy (non-hydrogen) atoms. The molecule has 10 rings (SSSR count). The van der Waals surface area contributed by atoms with Crippen molar-refractivity contribution in [1.29, 1.82) is 0 Å². The molecule has 2 atom stereocenters. The van der Waals surface area contributed by atoms with Crippen LogP contribution in [0, 0.1) is 17.8 Å². The number of benzene rings is 5. The molecule has 2 unspecified atom stereocenters. The fourth-order valence-corrected chi connectivity index (χ4v) is 9.58. The second-order valence-corrected chi connectivity index (χ2v) is 15.0. The number of furan rings is 1. The van der Waals surface area contributed by atoms with Crippen LogP contribution in [-0.2, 0) is 5.41 Å². The Hall–Kier alpha value is -5.29. The van der Waals surface area contributed by atoms with Gasteiger partial charge >= 0.3 is 0 Å². The summed E-state index contributed by atoms with van der Waals surface area (Å²) in [6.45, 7) is 4.84. The number of nitrogens with zero attached hydrogens (tertiary/aromatic N) is 4. The molecule has 2 saturated carbocycles. The van der Waals surface area contributed by atoms with Gasteiger partial charge in [0, 0.05) is 38.4 Å². The Balaban J connectivity index is 1.18. The minimum atomic E-state index is -0.0761. The predicted octanol–water partition coefficient (Wildman–Crippen LogP) is 11.3. The second-order valence-electron chi connectivity index (χ2n) is 15.0. The minimum Gasteiger partial charge on any atom is -0.456 e. The Kier molecular flexibility index (Phi) is 6.36. The molecule has 8 aromatic rings. The smallest absolute Gasteiger partial charge is 0.163 e. The van der Waals surface area contributed by atoms with E-state index >= 15 is 0 Å². The lowest BCUT2D eigenvalue weighted by Crippen LogP contribution is -2.40. The van der Waals surface area contributed by atoms with Crippen molar-refractivity contribution in [3.8, 4) is 28.5 Å². The van der Waals surface area contributed by atoms with E-state index in [0.717, 1.165) is 97.9 Å². The highest BCUT2D eigenvalue weighted by molar-refractivity contribution is 6.24. The molecule has 3 heterocycles. The van der Waals surface area contributed by atoms with Gasteiger partial charge in [0.1, 0.15) is 17.0 Å². The van der Waals surface area contributed by atoms with E-state index in [1.54, 1.807) is 0 Å². The minimum absolute atomic E-state index is 0.0761. The molecular weight excluding hydrogens is 601 g/mol. The highest BCUT2D eigenvalue weighted by Crippen LogP contribution is 2.51. The van der Waals surface area contributed by atoms with Gasteiger partial charge in [-0.15, -0.1) is 0 Å².